The first-order chi connectivity index (χ1) is 8.52. The molecule has 0 N–H and O–H groups in total. The predicted molar refractivity (Wildman–Crippen MR) is 84.0 cm³/mol. The van der Waals surface area contributed by atoms with Crippen LogP contribution >= 0.6 is 23.5 Å². The van der Waals surface area contributed by atoms with Gasteiger partial charge in [0.15, 0.2) is 0 Å². The van der Waals surface area contributed by atoms with E-state index in [1.807, 2.05) is 0 Å². The van der Waals surface area contributed by atoms with Crippen LogP contribution < -0.4 is 4.74 Å². The molecule has 2 rings (SSSR count). The third kappa shape index (κ3) is 3.18. The van der Waals surface area contributed by atoms with Gasteiger partial charge < -0.3 is 4.74 Å². The van der Waals surface area contributed by atoms with Gasteiger partial charge in [0, 0.05) is 0 Å². The van der Waals surface area contributed by atoms with Gasteiger partial charge >= 0.3 is 0 Å². The van der Waals surface area contributed by atoms with Gasteiger partial charge in [0.25, 0.3) is 0 Å². The van der Waals surface area contributed by atoms with Crippen molar-refractivity contribution in [2.45, 2.75) is 37.2 Å². The van der Waals surface area contributed by atoms with E-state index in [1.54, 1.807) is 7.11 Å². The molecule has 0 aliphatic carbocycles. The van der Waals surface area contributed by atoms with E-state index in [2.05, 4.69) is 62.5 Å². The quantitative estimate of drug-likeness (QED) is 0.766. The molecule has 0 radical (unpaired) electrons. The summed E-state index contributed by atoms with van der Waals surface area (Å²) in [6.45, 7) is 6.74. The van der Waals surface area contributed by atoms with Crippen molar-refractivity contribution >= 4 is 23.5 Å². The van der Waals surface area contributed by atoms with Crippen LogP contribution in [0.5, 0.6) is 5.75 Å². The first-order valence-electron chi connectivity index (χ1n) is 6.44. The number of rotatable bonds is 2. The monoisotopic (exact) mass is 282 g/mol. The van der Waals surface area contributed by atoms with E-state index < -0.39 is 0 Å². The predicted octanol–water partition coefficient (Wildman–Crippen LogP) is 4.86. The second kappa shape index (κ2) is 5.79. The molecule has 1 fully saturated rings. The molecular weight excluding hydrogens is 260 g/mol. The Bertz CT molecular complexity index is 403. The number of ether oxygens (including phenoxy) is 1. The van der Waals surface area contributed by atoms with Crippen LogP contribution in [-0.4, -0.2) is 18.6 Å². The molecule has 0 unspecified atom stereocenters. The molecule has 0 amide bonds. The lowest BCUT2D eigenvalue weighted by atomic mass is 9.85. The fraction of sp³-hybridized carbons (Fsp3) is 0.600. The molecule has 0 spiro atoms. The molecule has 0 saturated carbocycles. The van der Waals surface area contributed by atoms with Gasteiger partial charge in [-0.2, -0.15) is 0 Å². The molecule has 1 saturated heterocycles. The molecular formula is C15H22OS2. The number of thioether (sulfide) groups is 2. The topological polar surface area (TPSA) is 9.23 Å². The first-order valence-corrected chi connectivity index (χ1v) is 8.54. The fourth-order valence-corrected chi connectivity index (χ4v) is 5.01. The van der Waals surface area contributed by atoms with Crippen molar-refractivity contribution in [2.75, 3.05) is 18.6 Å². The highest BCUT2D eigenvalue weighted by atomic mass is 32.2. The molecule has 100 valence electrons. The van der Waals surface area contributed by atoms with Gasteiger partial charge in [-0.25, -0.2) is 0 Å². The standard InChI is InChI=1S/C15H22OS2/c1-15(2,3)12-10-11(6-7-13(12)16-4)14-17-8-5-9-18-14/h6-7,10,14H,5,8-9H2,1-4H3. The van der Waals surface area contributed by atoms with Gasteiger partial charge in [0.1, 0.15) is 5.75 Å². The van der Waals surface area contributed by atoms with Gasteiger partial charge in [-0.15, -0.1) is 23.5 Å². The van der Waals surface area contributed by atoms with Gasteiger partial charge in [0.05, 0.1) is 11.7 Å². The van der Waals surface area contributed by atoms with Crippen LogP contribution in [-0.2, 0) is 5.41 Å². The molecule has 1 heterocycles. The van der Waals surface area contributed by atoms with Crippen molar-refractivity contribution in [3.8, 4) is 5.75 Å². The maximum absolute atomic E-state index is 5.50. The Morgan fingerprint density at radius 2 is 1.83 bits per heavy atom. The second-order valence-electron chi connectivity index (χ2n) is 5.64. The summed E-state index contributed by atoms with van der Waals surface area (Å²) in [7, 11) is 1.76. The minimum Gasteiger partial charge on any atom is -0.496 e. The van der Waals surface area contributed by atoms with E-state index in [0.717, 1.165) is 5.75 Å². The summed E-state index contributed by atoms with van der Waals surface area (Å²) in [6, 6.07) is 6.70. The van der Waals surface area contributed by atoms with E-state index in [1.165, 1.54) is 29.1 Å². The van der Waals surface area contributed by atoms with Crippen LogP contribution in [0.4, 0.5) is 0 Å². The Balaban J connectivity index is 2.33. The van der Waals surface area contributed by atoms with Crippen molar-refractivity contribution in [2.24, 2.45) is 0 Å². The molecule has 18 heavy (non-hydrogen) atoms. The molecule has 0 aromatic heterocycles. The highest BCUT2D eigenvalue weighted by molar-refractivity contribution is 8.16. The fourth-order valence-electron chi connectivity index (χ4n) is 2.14. The van der Waals surface area contributed by atoms with Crippen LogP contribution in [0.1, 0.15) is 42.9 Å². The van der Waals surface area contributed by atoms with Crippen LogP contribution in [0.25, 0.3) is 0 Å². The summed E-state index contributed by atoms with van der Waals surface area (Å²) >= 11 is 4.14. The maximum Gasteiger partial charge on any atom is 0.122 e. The molecule has 1 aromatic rings. The Hall–Kier alpha value is -0.280. The van der Waals surface area contributed by atoms with E-state index in [0.29, 0.717) is 4.58 Å². The summed E-state index contributed by atoms with van der Waals surface area (Å²) in [4.78, 5) is 0. The van der Waals surface area contributed by atoms with Crippen LogP contribution in [0.2, 0.25) is 0 Å². The molecule has 1 aromatic carbocycles. The lowest BCUT2D eigenvalue weighted by Gasteiger charge is -2.26. The van der Waals surface area contributed by atoms with Gasteiger partial charge in [0.2, 0.25) is 0 Å². The summed E-state index contributed by atoms with van der Waals surface area (Å²) in [5, 5.41) is 0. The Morgan fingerprint density at radius 1 is 1.17 bits per heavy atom. The highest BCUT2D eigenvalue weighted by Gasteiger charge is 2.23. The Labute approximate surface area is 119 Å². The number of methoxy groups -OCH3 is 1. The van der Waals surface area contributed by atoms with Gasteiger partial charge in [-0.05, 0) is 46.6 Å². The first kappa shape index (κ1) is 14.1. The second-order valence-corrected chi connectivity index (χ2v) is 8.36. The molecule has 1 aliphatic rings. The zero-order valence-electron chi connectivity index (χ0n) is 11.7. The van der Waals surface area contributed by atoms with Crippen molar-refractivity contribution < 1.29 is 4.74 Å². The van der Waals surface area contributed by atoms with E-state index in [-0.39, 0.29) is 5.41 Å². The van der Waals surface area contributed by atoms with Crippen LogP contribution in [0.3, 0.4) is 0 Å². The molecule has 1 nitrogen and oxygen atoms in total. The molecule has 1 aliphatic heterocycles. The molecule has 0 atom stereocenters. The summed E-state index contributed by atoms with van der Waals surface area (Å²) < 4.78 is 6.10. The third-order valence-electron chi connectivity index (χ3n) is 3.13. The Kier molecular flexibility index (Phi) is 4.54. The molecule has 0 bridgehead atoms. The number of hydrogen-bond donors (Lipinski definition) is 0. The van der Waals surface area contributed by atoms with Crippen molar-refractivity contribution in [1.29, 1.82) is 0 Å². The zero-order chi connectivity index (χ0) is 13.2. The van der Waals surface area contributed by atoms with Crippen molar-refractivity contribution in [3.63, 3.8) is 0 Å². The third-order valence-corrected chi connectivity index (χ3v) is 6.15. The summed E-state index contributed by atoms with van der Waals surface area (Å²) in [5.74, 6) is 3.58. The van der Waals surface area contributed by atoms with E-state index in [4.69, 9.17) is 4.74 Å². The smallest absolute Gasteiger partial charge is 0.122 e. The lowest BCUT2D eigenvalue weighted by Crippen LogP contribution is -2.13. The summed E-state index contributed by atoms with van der Waals surface area (Å²) in [5.41, 5.74) is 2.88. The van der Waals surface area contributed by atoms with Crippen LogP contribution in [0.15, 0.2) is 18.2 Å². The van der Waals surface area contributed by atoms with Crippen molar-refractivity contribution in [3.05, 3.63) is 29.3 Å². The van der Waals surface area contributed by atoms with Crippen molar-refractivity contribution in [1.82, 2.24) is 0 Å². The average molecular weight is 282 g/mol. The SMILES string of the molecule is COc1ccc(C2SCCCS2)cc1C(C)(C)C. The average Bonchev–Trinajstić information content (AvgIpc) is 2.38. The number of benzene rings is 1. The highest BCUT2D eigenvalue weighted by Crippen LogP contribution is 2.45. The summed E-state index contributed by atoms with van der Waals surface area (Å²) in [6.07, 6.45) is 1.34. The Morgan fingerprint density at radius 3 is 2.39 bits per heavy atom. The van der Waals surface area contributed by atoms with E-state index >= 15 is 0 Å². The van der Waals surface area contributed by atoms with Gasteiger partial charge in [-0.1, -0.05) is 26.8 Å². The minimum atomic E-state index is 0.130. The lowest BCUT2D eigenvalue weighted by molar-refractivity contribution is 0.397. The minimum absolute atomic E-state index is 0.130. The normalized spacial score (nSPS) is 17.8. The molecule has 3 heteroatoms. The largest absolute Gasteiger partial charge is 0.496 e. The number of hydrogen-bond acceptors (Lipinski definition) is 3. The van der Waals surface area contributed by atoms with E-state index in [9.17, 15) is 0 Å². The van der Waals surface area contributed by atoms with Gasteiger partial charge in [-0.3, -0.25) is 0 Å². The zero-order valence-corrected chi connectivity index (χ0v) is 13.3. The van der Waals surface area contributed by atoms with Crippen LogP contribution in [0, 0.1) is 0 Å². The maximum atomic E-state index is 5.50.